The number of hydrogen-bond acceptors (Lipinski definition) is 10. The highest BCUT2D eigenvalue weighted by atomic mass is 32.1. The van der Waals surface area contributed by atoms with Crippen LogP contribution >= 0.6 is 18.8 Å². The third kappa shape index (κ3) is 15.4. The Morgan fingerprint density at radius 1 is 0.925 bits per heavy atom. The number of fused-ring (bicyclic) bond motifs is 3. The number of aromatic nitrogens is 3. The Labute approximate surface area is 397 Å². The van der Waals surface area contributed by atoms with Gasteiger partial charge in [-0.1, -0.05) is 42.5 Å². The molecule has 0 spiro atoms. The van der Waals surface area contributed by atoms with Crippen LogP contribution in [0.1, 0.15) is 91.2 Å². The molecule has 9 rings (SSSR count). The van der Waals surface area contributed by atoms with Gasteiger partial charge in [0, 0.05) is 106 Å². The van der Waals surface area contributed by atoms with Crippen LogP contribution in [0.4, 0.5) is 0 Å². The van der Waals surface area contributed by atoms with E-state index in [9.17, 15) is 23.7 Å². The molecule has 6 aromatic rings. The molecule has 2 atom stereocenters. The number of hydrogen-bond donors (Lipinski definition) is 3. The van der Waals surface area contributed by atoms with Gasteiger partial charge in [0.1, 0.15) is 5.65 Å². The number of likely N-dealkylation sites (tertiary alicyclic amines) is 1. The smallest absolute Gasteiger partial charge is 0.293 e. The predicted octanol–water partition coefficient (Wildman–Crippen LogP) is 7.61. The van der Waals surface area contributed by atoms with Gasteiger partial charge in [0.25, 0.3) is 12.4 Å². The number of nitrogens with one attached hydrogen (secondary N) is 2. The molecule has 0 saturated carbocycles. The lowest BCUT2D eigenvalue weighted by atomic mass is 9.94. The number of pyridine rings is 2. The van der Waals surface area contributed by atoms with E-state index in [0.717, 1.165) is 79.0 Å². The topological polar surface area (TPSA) is 185 Å². The highest BCUT2D eigenvalue weighted by Gasteiger charge is 2.31. The van der Waals surface area contributed by atoms with Crippen molar-refractivity contribution in [2.45, 2.75) is 96.7 Å². The number of imidazole rings is 1. The first-order valence-electron chi connectivity index (χ1n) is 22.9. The number of ether oxygens (including phenoxy) is 1. The summed E-state index contributed by atoms with van der Waals surface area (Å²) in [5.74, 6) is 0.425. The van der Waals surface area contributed by atoms with E-state index in [0.29, 0.717) is 48.3 Å². The van der Waals surface area contributed by atoms with Crippen molar-refractivity contribution in [3.05, 3.63) is 137 Å². The first-order chi connectivity index (χ1) is 32.3. The molecule has 2 aromatic carbocycles. The van der Waals surface area contributed by atoms with Crippen LogP contribution in [0, 0.1) is 0 Å². The fraction of sp³-hybridized carbons (Fsp3) is 0.400. The molecule has 0 aliphatic carbocycles. The Morgan fingerprint density at radius 3 is 2.42 bits per heavy atom. The van der Waals surface area contributed by atoms with Crippen LogP contribution < -0.4 is 15.9 Å². The lowest BCUT2D eigenvalue weighted by molar-refractivity contribution is -0.133. The molecule has 3 fully saturated rings. The van der Waals surface area contributed by atoms with Crippen molar-refractivity contribution in [3.8, 4) is 0 Å². The average molecular weight is 950 g/mol. The summed E-state index contributed by atoms with van der Waals surface area (Å²) in [5.41, 5.74) is 10.9. The van der Waals surface area contributed by atoms with Crippen molar-refractivity contribution in [2.24, 2.45) is 5.73 Å². The molecule has 3 saturated heterocycles. The van der Waals surface area contributed by atoms with Crippen molar-refractivity contribution in [1.29, 1.82) is 0 Å². The van der Waals surface area contributed by atoms with E-state index in [4.69, 9.17) is 5.73 Å². The van der Waals surface area contributed by atoms with Crippen LogP contribution in [-0.4, -0.2) is 105 Å². The molecule has 67 heavy (non-hydrogen) atoms. The zero-order valence-electron chi connectivity index (χ0n) is 38.9. The van der Waals surface area contributed by atoms with Crippen molar-refractivity contribution in [3.63, 3.8) is 0 Å². The molecular weight excluding hydrogens is 886 g/mol. The second-order valence-electron chi connectivity index (χ2n) is 17.6. The maximum absolute atomic E-state index is 13.5. The van der Waals surface area contributed by atoms with E-state index < -0.39 is 13.4 Å². The third-order valence-electron chi connectivity index (χ3n) is 11.6. The largest absolute Gasteiger partial charge is 0.465 e. The van der Waals surface area contributed by atoms with Gasteiger partial charge in [-0.25, -0.2) is 4.98 Å². The highest BCUT2D eigenvalue weighted by Crippen LogP contribution is 2.42. The number of nitrogens with zero attached hydrogens (tertiary/aromatic N) is 6. The van der Waals surface area contributed by atoms with Crippen molar-refractivity contribution < 1.29 is 28.5 Å². The Kier molecular flexibility index (Phi) is 18.8. The summed E-state index contributed by atoms with van der Waals surface area (Å²) in [6.07, 6.45) is 14.9. The predicted molar refractivity (Wildman–Crippen MR) is 265 cm³/mol. The van der Waals surface area contributed by atoms with Gasteiger partial charge in [0.15, 0.2) is 0 Å². The molecule has 4 aromatic heterocycles. The van der Waals surface area contributed by atoms with Crippen LogP contribution in [0.2, 0.25) is 0 Å². The van der Waals surface area contributed by atoms with Gasteiger partial charge in [-0.2, -0.15) is 0 Å². The lowest BCUT2D eigenvalue weighted by Gasteiger charge is -2.36. The first kappa shape index (κ1) is 50.6. The van der Waals surface area contributed by atoms with Crippen LogP contribution in [0.5, 0.6) is 0 Å². The highest BCUT2D eigenvalue weighted by molar-refractivity contribution is 7.59. The van der Waals surface area contributed by atoms with Crippen LogP contribution in [0.25, 0.3) is 15.7 Å². The number of amides is 3. The molecule has 4 N–H and O–H groups in total. The SMILES string of the molecule is CC(C)NP(=O)(Cc1ccc2sc(C(N)=O)cc2c1)NCc1ccccc1.CC(C)OC=O.O=C1CCN(Cc2ccn3ccnc3c2)CC[C@H]2CCCN12.O=CN1CC(c2cccnc2)C1. The van der Waals surface area contributed by atoms with Gasteiger partial charge in [-0.15, -0.1) is 11.3 Å². The first-order valence-corrected chi connectivity index (χ1v) is 25.6. The fourth-order valence-corrected chi connectivity index (χ4v) is 11.4. The molecule has 3 aliphatic heterocycles. The molecule has 3 aliphatic rings. The minimum atomic E-state index is -2.84. The molecule has 0 radical (unpaired) electrons. The summed E-state index contributed by atoms with van der Waals surface area (Å²) in [6.45, 7) is 14.1. The van der Waals surface area contributed by atoms with Crippen LogP contribution in [0.15, 0.2) is 110 Å². The number of rotatable bonds is 14. The Balaban J connectivity index is 0.000000164. The number of carbonyl (C=O) groups is 4. The van der Waals surface area contributed by atoms with Gasteiger partial charge >= 0.3 is 0 Å². The molecule has 7 heterocycles. The number of carbonyl (C=O) groups excluding carboxylic acids is 4. The van der Waals surface area contributed by atoms with E-state index >= 15 is 0 Å². The minimum absolute atomic E-state index is 0.0301. The van der Waals surface area contributed by atoms with Crippen molar-refractivity contribution in [1.82, 2.24) is 39.2 Å². The Morgan fingerprint density at radius 2 is 1.73 bits per heavy atom. The van der Waals surface area contributed by atoms with E-state index in [2.05, 4.69) is 59.1 Å². The Hall–Kier alpha value is -5.77. The van der Waals surface area contributed by atoms with Crippen LogP contribution in [0.3, 0.4) is 0 Å². The van der Waals surface area contributed by atoms with E-state index in [-0.39, 0.29) is 12.1 Å². The normalized spacial score (nSPS) is 17.1. The monoisotopic (exact) mass is 949 g/mol. The summed E-state index contributed by atoms with van der Waals surface area (Å²) in [6, 6.07) is 26.5. The molecule has 15 nitrogen and oxygen atoms in total. The molecule has 3 amide bonds. The second kappa shape index (κ2) is 24.8. The fourth-order valence-electron chi connectivity index (χ4n) is 8.26. The van der Waals surface area contributed by atoms with E-state index in [1.165, 1.54) is 35.3 Å². The number of primary amides is 1. The molecular formula is C50H64N9O6PS. The third-order valence-corrected chi connectivity index (χ3v) is 15.1. The lowest BCUT2D eigenvalue weighted by Crippen LogP contribution is -2.43. The summed E-state index contributed by atoms with van der Waals surface area (Å²) in [4.78, 5) is 58.5. The standard InChI is InChI=1S/C20H24N3O2PS.C17H22N4O.C9H10N2O.C4H8O2/c1-14(2)23-26(25,22-12-15-6-4-3-5-7-15)13-16-8-9-18-17(10-16)11-19(27-18)20(21)24;22-17-5-9-19(8-4-15-2-1-7-21(15)17)13-14-3-10-20-11-6-18-16(20)12-14;12-7-11-5-9(6-11)8-2-1-3-10-4-8;1-4(2)6-3-5/h3-11,14H,12-13H2,1-2H3,(H2,21,24)(H2,22,23,25);3,6,10-12,15H,1-2,4-5,7-9,13H2;1-4,7,9H,5-6H2;3-4H,1-2H3/t;15-;;/m.1../s1. The number of nitrogens with two attached hydrogens (primary N) is 1. The van der Waals surface area contributed by atoms with Crippen molar-refractivity contribution in [2.75, 3.05) is 32.7 Å². The van der Waals surface area contributed by atoms with Gasteiger partial charge < -0.3 is 24.7 Å². The van der Waals surface area contributed by atoms with E-state index in [1.54, 1.807) is 31.0 Å². The van der Waals surface area contributed by atoms with Gasteiger partial charge in [0.05, 0.1) is 17.1 Å². The quantitative estimate of drug-likeness (QED) is 0.0722. The van der Waals surface area contributed by atoms with Gasteiger partial charge in [0.2, 0.25) is 19.8 Å². The molecule has 17 heteroatoms. The summed E-state index contributed by atoms with van der Waals surface area (Å²) < 4.78 is 20.9. The molecule has 356 valence electrons. The zero-order valence-corrected chi connectivity index (χ0v) is 40.6. The minimum Gasteiger partial charge on any atom is -0.465 e. The summed E-state index contributed by atoms with van der Waals surface area (Å²) in [5, 5.41) is 7.41. The van der Waals surface area contributed by atoms with Gasteiger partial charge in [-0.05, 0) is 111 Å². The maximum atomic E-state index is 13.5. The summed E-state index contributed by atoms with van der Waals surface area (Å²) >= 11 is 1.38. The van der Waals surface area contributed by atoms with Gasteiger partial charge in [-0.3, -0.25) is 43.8 Å². The maximum Gasteiger partial charge on any atom is 0.293 e. The average Bonchev–Trinajstić information content (AvgIpc) is 4.07. The number of benzene rings is 2. The number of thiophene rings is 1. The summed E-state index contributed by atoms with van der Waals surface area (Å²) in [7, 11) is -2.84. The zero-order chi connectivity index (χ0) is 47.8. The molecule has 0 bridgehead atoms. The van der Waals surface area contributed by atoms with Crippen molar-refractivity contribution >= 4 is 59.2 Å². The second-order valence-corrected chi connectivity index (χ2v) is 21.1. The Bertz CT molecular complexity index is 2570. The van der Waals surface area contributed by atoms with E-state index in [1.807, 2.05) is 91.4 Å². The van der Waals surface area contributed by atoms with Crippen LogP contribution in [-0.2, 0) is 42.9 Å². The molecule has 1 unspecified atom stereocenters.